The standard InChI is InChI=1S/C8H17O3P/c1-2-3-6-11-8-12(10)7-4-5-9/h5,12H,2-4,6-8H2,1H3. The number of hydrogen-bond acceptors (Lipinski definition) is 3. The molecule has 0 rings (SSSR count). The maximum atomic E-state index is 11.1. The molecule has 0 aromatic carbocycles. The van der Waals surface area contributed by atoms with Gasteiger partial charge in [0.05, 0.1) is 6.35 Å². The van der Waals surface area contributed by atoms with Crippen LogP contribution in [0, 0.1) is 0 Å². The van der Waals surface area contributed by atoms with Crippen LogP contribution >= 0.6 is 7.80 Å². The lowest BCUT2D eigenvalue weighted by atomic mass is 10.4. The fourth-order valence-electron chi connectivity index (χ4n) is 0.724. The Labute approximate surface area is 74.3 Å². The quantitative estimate of drug-likeness (QED) is 0.335. The van der Waals surface area contributed by atoms with Crippen LogP contribution in [0.15, 0.2) is 0 Å². The minimum Gasteiger partial charge on any atom is -0.374 e. The zero-order chi connectivity index (χ0) is 9.23. The van der Waals surface area contributed by atoms with Gasteiger partial charge in [-0.2, -0.15) is 0 Å². The first kappa shape index (κ1) is 11.9. The minimum absolute atomic E-state index is 0.346. The molecule has 0 aromatic rings. The Balaban J connectivity index is 3.13. The fourth-order valence-corrected chi connectivity index (χ4v) is 1.68. The van der Waals surface area contributed by atoms with E-state index < -0.39 is 7.80 Å². The number of ether oxygens (including phenoxy) is 1. The Morgan fingerprint density at radius 1 is 1.50 bits per heavy atom. The zero-order valence-corrected chi connectivity index (χ0v) is 8.54. The first-order chi connectivity index (χ1) is 5.81. The predicted octanol–water partition coefficient (Wildman–Crippen LogP) is 1.91. The molecule has 0 amide bonds. The molecule has 0 aliphatic carbocycles. The van der Waals surface area contributed by atoms with Crippen LogP contribution in [0.5, 0.6) is 0 Å². The lowest BCUT2D eigenvalue weighted by Crippen LogP contribution is -1.94. The molecule has 0 radical (unpaired) electrons. The van der Waals surface area contributed by atoms with E-state index in [4.69, 9.17) is 4.74 Å². The van der Waals surface area contributed by atoms with Crippen LogP contribution in [0.3, 0.4) is 0 Å². The van der Waals surface area contributed by atoms with Gasteiger partial charge in [0.25, 0.3) is 0 Å². The Hall–Kier alpha value is -0.140. The summed E-state index contributed by atoms with van der Waals surface area (Å²) in [5, 5.41) is 0. The summed E-state index contributed by atoms with van der Waals surface area (Å²) in [7, 11) is -1.64. The van der Waals surface area contributed by atoms with Gasteiger partial charge in [-0.25, -0.2) is 0 Å². The first-order valence-electron chi connectivity index (χ1n) is 4.34. The summed E-state index contributed by atoms with van der Waals surface area (Å²) in [4.78, 5) is 9.92. The molecule has 0 fully saturated rings. The molecule has 0 aliphatic rings. The van der Waals surface area contributed by atoms with Crippen LogP contribution in [0.25, 0.3) is 0 Å². The van der Waals surface area contributed by atoms with Gasteiger partial charge >= 0.3 is 0 Å². The summed E-state index contributed by atoms with van der Waals surface area (Å²) in [6.07, 6.45) is 4.15. The SMILES string of the molecule is CCCCOC[PH](=O)CCC=O. The van der Waals surface area contributed by atoms with E-state index in [0.717, 1.165) is 19.1 Å². The third-order valence-corrected chi connectivity index (χ3v) is 2.82. The maximum absolute atomic E-state index is 11.1. The van der Waals surface area contributed by atoms with Gasteiger partial charge in [-0.1, -0.05) is 13.3 Å². The van der Waals surface area contributed by atoms with Crippen molar-refractivity contribution in [1.82, 2.24) is 0 Å². The topological polar surface area (TPSA) is 43.4 Å². The molecule has 3 nitrogen and oxygen atoms in total. The van der Waals surface area contributed by atoms with Crippen molar-refractivity contribution in [3.8, 4) is 0 Å². The largest absolute Gasteiger partial charge is 0.374 e. The molecule has 1 atom stereocenters. The number of carbonyl (C=O) groups is 1. The monoisotopic (exact) mass is 192 g/mol. The van der Waals surface area contributed by atoms with E-state index in [0.29, 0.717) is 25.5 Å². The van der Waals surface area contributed by atoms with E-state index in [1.54, 1.807) is 0 Å². The highest BCUT2D eigenvalue weighted by Crippen LogP contribution is 2.20. The van der Waals surface area contributed by atoms with Crippen molar-refractivity contribution in [2.75, 3.05) is 19.1 Å². The molecule has 4 heteroatoms. The lowest BCUT2D eigenvalue weighted by Gasteiger charge is -2.01. The highest BCUT2D eigenvalue weighted by molar-refractivity contribution is 7.44. The molecular formula is C8H17O3P. The molecule has 72 valence electrons. The van der Waals surface area contributed by atoms with Crippen molar-refractivity contribution < 1.29 is 14.1 Å². The molecule has 0 aromatic heterocycles. The number of aldehydes is 1. The predicted molar refractivity (Wildman–Crippen MR) is 50.3 cm³/mol. The molecular weight excluding hydrogens is 175 g/mol. The molecule has 12 heavy (non-hydrogen) atoms. The molecule has 0 bridgehead atoms. The molecule has 1 unspecified atom stereocenters. The molecule has 0 N–H and O–H groups in total. The van der Waals surface area contributed by atoms with Gasteiger partial charge < -0.3 is 14.1 Å². The molecule has 0 spiro atoms. The first-order valence-corrected chi connectivity index (χ1v) is 6.16. The van der Waals surface area contributed by atoms with E-state index >= 15 is 0 Å². The Morgan fingerprint density at radius 3 is 2.83 bits per heavy atom. The van der Waals surface area contributed by atoms with Crippen LogP contribution in [-0.4, -0.2) is 25.4 Å². The van der Waals surface area contributed by atoms with Crippen molar-refractivity contribution in [2.24, 2.45) is 0 Å². The molecule has 0 heterocycles. The van der Waals surface area contributed by atoms with Gasteiger partial charge in [0.2, 0.25) is 0 Å². The van der Waals surface area contributed by atoms with Gasteiger partial charge in [0.1, 0.15) is 14.1 Å². The zero-order valence-electron chi connectivity index (χ0n) is 7.54. The summed E-state index contributed by atoms with van der Waals surface area (Å²) in [5.41, 5.74) is 0. The summed E-state index contributed by atoms with van der Waals surface area (Å²) < 4.78 is 16.2. The van der Waals surface area contributed by atoms with E-state index in [2.05, 4.69) is 6.92 Å². The number of unbranched alkanes of at least 4 members (excludes halogenated alkanes) is 1. The molecule has 0 aliphatic heterocycles. The second-order valence-electron chi connectivity index (χ2n) is 2.65. The molecule has 0 saturated heterocycles. The Kier molecular flexibility index (Phi) is 8.85. The van der Waals surface area contributed by atoms with Crippen LogP contribution in [0.1, 0.15) is 26.2 Å². The van der Waals surface area contributed by atoms with Gasteiger partial charge in [0.15, 0.2) is 0 Å². The van der Waals surface area contributed by atoms with Crippen LogP contribution < -0.4 is 0 Å². The number of carbonyl (C=O) groups excluding carboxylic acids is 1. The maximum Gasteiger partial charge on any atom is 0.120 e. The number of rotatable bonds is 8. The van der Waals surface area contributed by atoms with Crippen molar-refractivity contribution in [3.63, 3.8) is 0 Å². The normalized spacial score (nSPS) is 12.8. The van der Waals surface area contributed by atoms with Gasteiger partial charge in [0, 0.05) is 19.2 Å². The highest BCUT2D eigenvalue weighted by atomic mass is 31.1. The fraction of sp³-hybridized carbons (Fsp3) is 0.875. The van der Waals surface area contributed by atoms with Crippen molar-refractivity contribution in [1.29, 1.82) is 0 Å². The van der Waals surface area contributed by atoms with Crippen LogP contribution in [0.4, 0.5) is 0 Å². The van der Waals surface area contributed by atoms with Crippen molar-refractivity contribution in [3.05, 3.63) is 0 Å². The smallest absolute Gasteiger partial charge is 0.120 e. The van der Waals surface area contributed by atoms with Crippen LogP contribution in [-0.2, 0) is 14.1 Å². The van der Waals surface area contributed by atoms with E-state index in [1.165, 1.54) is 0 Å². The third kappa shape index (κ3) is 7.96. The number of hydrogen-bond donors (Lipinski definition) is 0. The summed E-state index contributed by atoms with van der Waals surface area (Å²) >= 11 is 0. The van der Waals surface area contributed by atoms with E-state index in [-0.39, 0.29) is 0 Å². The van der Waals surface area contributed by atoms with E-state index in [1.807, 2.05) is 0 Å². The Morgan fingerprint density at radius 2 is 2.25 bits per heavy atom. The summed E-state index contributed by atoms with van der Waals surface area (Å²) in [6, 6.07) is 0. The Bertz CT molecular complexity index is 136. The second kappa shape index (κ2) is 8.95. The summed E-state index contributed by atoms with van der Waals surface area (Å²) in [5.74, 6) is 0. The average molecular weight is 192 g/mol. The second-order valence-corrected chi connectivity index (χ2v) is 4.52. The average Bonchev–Trinajstić information content (AvgIpc) is 2.09. The van der Waals surface area contributed by atoms with Gasteiger partial charge in [-0.05, 0) is 6.42 Å². The van der Waals surface area contributed by atoms with Gasteiger partial charge in [-0.3, -0.25) is 0 Å². The highest BCUT2D eigenvalue weighted by Gasteiger charge is 1.98. The van der Waals surface area contributed by atoms with E-state index in [9.17, 15) is 9.36 Å². The summed E-state index contributed by atoms with van der Waals surface area (Å²) in [6.45, 7) is 2.77. The van der Waals surface area contributed by atoms with Gasteiger partial charge in [-0.15, -0.1) is 0 Å². The van der Waals surface area contributed by atoms with Crippen LogP contribution in [0.2, 0.25) is 0 Å². The van der Waals surface area contributed by atoms with Crippen molar-refractivity contribution >= 4 is 14.1 Å². The molecule has 0 saturated carbocycles. The minimum atomic E-state index is -1.64. The third-order valence-electron chi connectivity index (χ3n) is 1.45. The lowest BCUT2D eigenvalue weighted by molar-refractivity contribution is -0.107. The van der Waals surface area contributed by atoms with Crippen molar-refractivity contribution in [2.45, 2.75) is 26.2 Å².